The van der Waals surface area contributed by atoms with Crippen LogP contribution < -0.4 is 10.8 Å². The summed E-state index contributed by atoms with van der Waals surface area (Å²) in [4.78, 5) is 28.3. The van der Waals surface area contributed by atoms with Crippen molar-refractivity contribution in [3.05, 3.63) is 0 Å². The Labute approximate surface area is 200 Å². The first-order valence-electron chi connectivity index (χ1n) is 10.8. The van der Waals surface area contributed by atoms with Crippen molar-refractivity contribution in [2.75, 3.05) is 19.8 Å². The van der Waals surface area contributed by atoms with Crippen LogP contribution in [0.3, 0.4) is 0 Å². The maximum atomic E-state index is 12.1. The van der Waals surface area contributed by atoms with E-state index in [4.69, 9.17) is 23.8 Å². The third kappa shape index (κ3) is 7.89. The van der Waals surface area contributed by atoms with E-state index in [0.717, 1.165) is 0 Å². The highest BCUT2D eigenvalue weighted by atomic mass is 16.7. The van der Waals surface area contributed by atoms with Crippen LogP contribution in [0.2, 0.25) is 0 Å². The van der Waals surface area contributed by atoms with Crippen molar-refractivity contribution >= 4 is 12.0 Å². The molecule has 5 unspecified atom stereocenters. The molecule has 10 atom stereocenters. The Morgan fingerprint density at radius 2 is 1.49 bits per heavy atom. The van der Waals surface area contributed by atoms with Gasteiger partial charge in [0.15, 0.2) is 19.1 Å². The largest absolute Gasteiger partial charge is 0.442 e. The Morgan fingerprint density at radius 3 is 2.06 bits per heavy atom. The van der Waals surface area contributed by atoms with Gasteiger partial charge in [0.05, 0.1) is 13.2 Å². The molecule has 0 radical (unpaired) electrons. The standard InChI is InChI=1S/C19H34N2O14/c1-19(2,3)35-18(30)21-31-6-9(24)20-16-13(28)12(27)15(8(5-23)32-16)34-17-14(29)11(26)10(25)7(4-22)33-17/h7-8,10-17,22-23,25-29H,4-6H2,1-3H3,(H,20,24)(H,21,30)/t7?,8?,10-,11?,12?,13?,14+,15-,16+,17-/m0/s1. The summed E-state index contributed by atoms with van der Waals surface area (Å²) in [5.74, 6) is -0.873. The molecule has 2 saturated heterocycles. The van der Waals surface area contributed by atoms with Gasteiger partial charge in [-0.15, -0.1) is 0 Å². The summed E-state index contributed by atoms with van der Waals surface area (Å²) in [6.45, 7) is 2.67. The highest BCUT2D eigenvalue weighted by molar-refractivity contribution is 5.77. The van der Waals surface area contributed by atoms with Gasteiger partial charge in [-0.3, -0.25) is 9.63 Å². The Morgan fingerprint density at radius 1 is 0.857 bits per heavy atom. The van der Waals surface area contributed by atoms with Crippen molar-refractivity contribution in [1.82, 2.24) is 10.8 Å². The molecule has 0 spiro atoms. The van der Waals surface area contributed by atoms with E-state index >= 15 is 0 Å². The van der Waals surface area contributed by atoms with Gasteiger partial charge in [-0.25, -0.2) is 4.79 Å². The van der Waals surface area contributed by atoms with Crippen LogP contribution in [0.1, 0.15) is 20.8 Å². The van der Waals surface area contributed by atoms with Crippen LogP contribution >= 0.6 is 0 Å². The van der Waals surface area contributed by atoms with Gasteiger partial charge in [0, 0.05) is 0 Å². The van der Waals surface area contributed by atoms with Crippen LogP contribution in [0.5, 0.6) is 0 Å². The van der Waals surface area contributed by atoms with Crippen LogP contribution in [0.25, 0.3) is 0 Å². The monoisotopic (exact) mass is 514 g/mol. The number of ether oxygens (including phenoxy) is 4. The number of hydroxylamine groups is 1. The lowest BCUT2D eigenvalue weighted by molar-refractivity contribution is -0.343. The van der Waals surface area contributed by atoms with Gasteiger partial charge in [-0.1, -0.05) is 0 Å². The van der Waals surface area contributed by atoms with Crippen LogP contribution in [0.15, 0.2) is 0 Å². The molecular weight excluding hydrogens is 480 g/mol. The topological polar surface area (TPSA) is 246 Å². The molecular formula is C19H34N2O14. The smallest absolute Gasteiger partial charge is 0.431 e. The molecule has 0 aromatic heterocycles. The van der Waals surface area contributed by atoms with Gasteiger partial charge in [0.25, 0.3) is 5.91 Å². The number of carbonyl (C=O) groups is 2. The van der Waals surface area contributed by atoms with Crippen LogP contribution in [0, 0.1) is 0 Å². The molecule has 16 heteroatoms. The van der Waals surface area contributed by atoms with Crippen molar-refractivity contribution in [3.8, 4) is 0 Å². The number of nitrogens with one attached hydrogen (secondary N) is 2. The first-order chi connectivity index (χ1) is 16.3. The van der Waals surface area contributed by atoms with Gasteiger partial charge < -0.3 is 60.0 Å². The van der Waals surface area contributed by atoms with Crippen LogP contribution in [-0.4, -0.2) is 135 Å². The summed E-state index contributed by atoms with van der Waals surface area (Å²) in [6.07, 6.45) is -17.1. The van der Waals surface area contributed by atoms with Crippen molar-refractivity contribution < 1.29 is 69.1 Å². The van der Waals surface area contributed by atoms with Gasteiger partial charge in [0.2, 0.25) is 0 Å². The fourth-order valence-electron chi connectivity index (χ4n) is 3.37. The number of aliphatic hydroxyl groups is 7. The highest BCUT2D eigenvalue weighted by Gasteiger charge is 2.50. The van der Waals surface area contributed by atoms with Crippen molar-refractivity contribution in [1.29, 1.82) is 0 Å². The lowest BCUT2D eigenvalue weighted by Gasteiger charge is -2.46. The number of hydrogen-bond acceptors (Lipinski definition) is 14. The summed E-state index contributed by atoms with van der Waals surface area (Å²) in [6, 6.07) is 0. The molecule has 2 amide bonds. The Bertz CT molecular complexity index is 702. The molecule has 204 valence electrons. The Kier molecular flexibility index (Phi) is 10.6. The minimum Gasteiger partial charge on any atom is -0.442 e. The van der Waals surface area contributed by atoms with E-state index in [-0.39, 0.29) is 0 Å². The molecule has 35 heavy (non-hydrogen) atoms. The highest BCUT2D eigenvalue weighted by Crippen LogP contribution is 2.28. The number of rotatable bonds is 8. The van der Waals surface area contributed by atoms with E-state index in [1.165, 1.54) is 0 Å². The molecule has 0 aromatic carbocycles. The number of hydrogen-bond donors (Lipinski definition) is 9. The minimum absolute atomic E-state index is 0.712. The summed E-state index contributed by atoms with van der Waals surface area (Å²) in [5, 5.41) is 71.9. The first-order valence-corrected chi connectivity index (χ1v) is 10.8. The fourth-order valence-corrected chi connectivity index (χ4v) is 3.37. The molecule has 2 fully saturated rings. The van der Waals surface area contributed by atoms with E-state index in [1.807, 2.05) is 5.48 Å². The SMILES string of the molecule is CC(C)(C)OC(=O)NOCC(=O)N[C@@H]1OC(CO)[C@H](O[C@@H]2OC(CO)[C@H](O)C(O)[C@H]2O)C(O)C1O. The number of carbonyl (C=O) groups excluding carboxylic acids is 2. The van der Waals surface area contributed by atoms with Crippen molar-refractivity contribution in [2.24, 2.45) is 0 Å². The van der Waals surface area contributed by atoms with Crippen LogP contribution in [0.4, 0.5) is 4.79 Å². The molecule has 0 saturated carbocycles. The first kappa shape index (κ1) is 29.5. The van der Waals surface area contributed by atoms with Crippen LogP contribution in [-0.2, 0) is 28.6 Å². The second kappa shape index (κ2) is 12.5. The maximum Gasteiger partial charge on any atom is 0.431 e. The lowest BCUT2D eigenvalue weighted by atomic mass is 9.96. The molecule has 2 rings (SSSR count). The maximum absolute atomic E-state index is 12.1. The average Bonchev–Trinajstić information content (AvgIpc) is 2.77. The van der Waals surface area contributed by atoms with Gasteiger partial charge >= 0.3 is 6.09 Å². The zero-order chi connectivity index (χ0) is 26.5. The van der Waals surface area contributed by atoms with Gasteiger partial charge in [-0.05, 0) is 20.8 Å². The zero-order valence-corrected chi connectivity index (χ0v) is 19.4. The number of aliphatic hydroxyl groups excluding tert-OH is 7. The number of amides is 2. The molecule has 0 aliphatic carbocycles. The molecule has 2 aliphatic rings. The van der Waals surface area contributed by atoms with E-state index in [0.29, 0.717) is 0 Å². The van der Waals surface area contributed by atoms with E-state index in [1.54, 1.807) is 20.8 Å². The Hall–Kier alpha value is -1.70. The quantitative estimate of drug-likeness (QED) is 0.138. The molecule has 2 aliphatic heterocycles. The van der Waals surface area contributed by atoms with Crippen molar-refractivity contribution in [2.45, 2.75) is 87.7 Å². The molecule has 16 nitrogen and oxygen atoms in total. The second-order valence-corrected chi connectivity index (χ2v) is 9.02. The molecule has 2 heterocycles. The molecule has 0 aromatic rings. The predicted octanol–water partition coefficient (Wildman–Crippen LogP) is -4.82. The zero-order valence-electron chi connectivity index (χ0n) is 19.4. The lowest BCUT2D eigenvalue weighted by Crippen LogP contribution is -2.66. The normalized spacial score (nSPS) is 38.0. The summed E-state index contributed by atoms with van der Waals surface area (Å²) < 4.78 is 20.9. The van der Waals surface area contributed by atoms with E-state index < -0.39 is 98.8 Å². The summed E-state index contributed by atoms with van der Waals surface area (Å²) in [7, 11) is 0. The van der Waals surface area contributed by atoms with Gasteiger partial charge in [-0.2, -0.15) is 5.48 Å². The third-order valence-corrected chi connectivity index (χ3v) is 5.07. The minimum atomic E-state index is -1.80. The average molecular weight is 514 g/mol. The van der Waals surface area contributed by atoms with Crippen molar-refractivity contribution in [3.63, 3.8) is 0 Å². The third-order valence-electron chi connectivity index (χ3n) is 5.07. The predicted molar refractivity (Wildman–Crippen MR) is 110 cm³/mol. The second-order valence-electron chi connectivity index (χ2n) is 9.02. The van der Waals surface area contributed by atoms with E-state index in [9.17, 15) is 45.3 Å². The Balaban J connectivity index is 1.93. The fraction of sp³-hybridized carbons (Fsp3) is 0.895. The summed E-state index contributed by atoms with van der Waals surface area (Å²) in [5.41, 5.74) is 1.10. The van der Waals surface area contributed by atoms with Gasteiger partial charge in [0.1, 0.15) is 54.4 Å². The van der Waals surface area contributed by atoms with E-state index in [2.05, 4.69) is 5.32 Å². The summed E-state index contributed by atoms with van der Waals surface area (Å²) >= 11 is 0. The molecule has 9 N–H and O–H groups in total. The molecule has 0 bridgehead atoms.